The standard InChI is InChI=1S/C21H19F2NO3/c1-11(2)8-17(25)19-18-15(21(26)27-3)9-14(23)10-16(18)24-20(19)12-4-6-13(22)7-5-12/h4-7,9-11,24H,8H2,1-3H3. The molecule has 0 aliphatic heterocycles. The van der Waals surface area contributed by atoms with E-state index in [0.717, 1.165) is 6.07 Å². The van der Waals surface area contributed by atoms with Crippen LogP contribution in [0.25, 0.3) is 22.2 Å². The molecule has 3 rings (SSSR count). The second-order valence-electron chi connectivity index (χ2n) is 6.77. The molecule has 0 spiro atoms. The van der Waals surface area contributed by atoms with Gasteiger partial charge in [-0.1, -0.05) is 13.8 Å². The molecule has 1 N–H and O–H groups in total. The van der Waals surface area contributed by atoms with Crippen LogP contribution in [0.15, 0.2) is 36.4 Å². The van der Waals surface area contributed by atoms with E-state index in [9.17, 15) is 18.4 Å². The molecule has 0 fully saturated rings. The molecule has 0 saturated heterocycles. The normalized spacial score (nSPS) is 11.2. The van der Waals surface area contributed by atoms with Gasteiger partial charge in [0.25, 0.3) is 0 Å². The summed E-state index contributed by atoms with van der Waals surface area (Å²) in [7, 11) is 1.20. The van der Waals surface area contributed by atoms with Crippen LogP contribution in [0.3, 0.4) is 0 Å². The summed E-state index contributed by atoms with van der Waals surface area (Å²) in [6, 6.07) is 7.89. The number of ether oxygens (including phenoxy) is 1. The fourth-order valence-corrected chi connectivity index (χ4v) is 3.15. The van der Waals surface area contributed by atoms with Crippen molar-refractivity contribution in [3.8, 4) is 11.3 Å². The summed E-state index contributed by atoms with van der Waals surface area (Å²) in [6.45, 7) is 3.82. The molecule has 27 heavy (non-hydrogen) atoms. The van der Waals surface area contributed by atoms with E-state index < -0.39 is 17.6 Å². The first kappa shape index (κ1) is 18.8. The lowest BCUT2D eigenvalue weighted by Crippen LogP contribution is -2.08. The number of hydrogen-bond acceptors (Lipinski definition) is 3. The molecule has 0 atom stereocenters. The number of esters is 1. The van der Waals surface area contributed by atoms with Gasteiger partial charge in [-0.25, -0.2) is 13.6 Å². The van der Waals surface area contributed by atoms with E-state index in [1.165, 1.54) is 37.4 Å². The Hall–Kier alpha value is -3.02. The number of hydrogen-bond donors (Lipinski definition) is 1. The maximum Gasteiger partial charge on any atom is 0.338 e. The van der Waals surface area contributed by atoms with E-state index in [1.807, 2.05) is 13.8 Å². The average molecular weight is 371 g/mol. The molecule has 0 unspecified atom stereocenters. The summed E-state index contributed by atoms with van der Waals surface area (Å²) in [5.41, 5.74) is 1.55. The number of methoxy groups -OCH3 is 1. The zero-order valence-corrected chi connectivity index (χ0v) is 15.2. The highest BCUT2D eigenvalue weighted by atomic mass is 19.1. The average Bonchev–Trinajstić information content (AvgIpc) is 2.99. The lowest BCUT2D eigenvalue weighted by molar-refractivity contribution is 0.0602. The number of halogens is 2. The van der Waals surface area contributed by atoms with Crippen LogP contribution < -0.4 is 0 Å². The third-order valence-electron chi connectivity index (χ3n) is 4.27. The van der Waals surface area contributed by atoms with Crippen molar-refractivity contribution >= 4 is 22.7 Å². The number of aromatic nitrogens is 1. The van der Waals surface area contributed by atoms with Crippen LogP contribution in [0.5, 0.6) is 0 Å². The topological polar surface area (TPSA) is 59.2 Å². The van der Waals surface area contributed by atoms with E-state index in [2.05, 4.69) is 4.98 Å². The maximum atomic E-state index is 14.0. The number of benzene rings is 2. The highest BCUT2D eigenvalue weighted by Gasteiger charge is 2.25. The third kappa shape index (κ3) is 3.60. The quantitative estimate of drug-likeness (QED) is 0.500. The van der Waals surface area contributed by atoms with Gasteiger partial charge in [-0.05, 0) is 47.9 Å². The fourth-order valence-electron chi connectivity index (χ4n) is 3.15. The molecule has 4 nitrogen and oxygen atoms in total. The Labute approximate surface area is 155 Å². The van der Waals surface area contributed by atoms with Crippen molar-refractivity contribution in [3.05, 3.63) is 59.2 Å². The molecule has 6 heteroatoms. The minimum atomic E-state index is -0.734. The second kappa shape index (κ2) is 7.31. The van der Waals surface area contributed by atoms with Gasteiger partial charge in [-0.3, -0.25) is 4.79 Å². The predicted octanol–water partition coefficient (Wildman–Crippen LogP) is 5.13. The Morgan fingerprint density at radius 1 is 1.07 bits per heavy atom. The molecule has 0 radical (unpaired) electrons. The molecule has 1 heterocycles. The molecule has 0 amide bonds. The van der Waals surface area contributed by atoms with Crippen LogP contribution in [0, 0.1) is 17.6 Å². The molecule has 3 aromatic rings. The first-order valence-corrected chi connectivity index (χ1v) is 8.54. The largest absolute Gasteiger partial charge is 0.465 e. The van der Waals surface area contributed by atoms with Gasteiger partial charge in [0.05, 0.1) is 29.4 Å². The van der Waals surface area contributed by atoms with Crippen molar-refractivity contribution < 1.29 is 23.1 Å². The zero-order chi connectivity index (χ0) is 19.7. The van der Waals surface area contributed by atoms with E-state index in [1.54, 1.807) is 0 Å². The summed E-state index contributed by atoms with van der Waals surface area (Å²) in [5.74, 6) is -1.87. The number of H-pyrrole nitrogens is 1. The van der Waals surface area contributed by atoms with Gasteiger partial charge in [0, 0.05) is 11.8 Å². The van der Waals surface area contributed by atoms with Gasteiger partial charge >= 0.3 is 5.97 Å². The molecular formula is C21H19F2NO3. The van der Waals surface area contributed by atoms with Crippen molar-refractivity contribution in [2.75, 3.05) is 7.11 Å². The Balaban J connectivity index is 2.36. The van der Waals surface area contributed by atoms with Crippen molar-refractivity contribution in [1.29, 1.82) is 0 Å². The number of fused-ring (bicyclic) bond motifs is 1. The van der Waals surface area contributed by atoms with E-state index in [-0.39, 0.29) is 29.2 Å². The summed E-state index contributed by atoms with van der Waals surface area (Å²) in [4.78, 5) is 28.2. The number of nitrogens with one attached hydrogen (secondary N) is 1. The summed E-state index contributed by atoms with van der Waals surface area (Å²) in [6.07, 6.45) is 0.249. The van der Waals surface area contributed by atoms with Gasteiger partial charge in [0.15, 0.2) is 5.78 Å². The lowest BCUT2D eigenvalue weighted by Gasteiger charge is -2.09. The van der Waals surface area contributed by atoms with Gasteiger partial charge in [-0.2, -0.15) is 0 Å². The van der Waals surface area contributed by atoms with E-state index in [0.29, 0.717) is 22.2 Å². The van der Waals surface area contributed by atoms with Crippen molar-refractivity contribution in [1.82, 2.24) is 4.98 Å². The smallest absolute Gasteiger partial charge is 0.338 e. The highest BCUT2D eigenvalue weighted by Crippen LogP contribution is 2.35. The van der Waals surface area contributed by atoms with Crippen LogP contribution in [0.1, 0.15) is 41.0 Å². The highest BCUT2D eigenvalue weighted by molar-refractivity contribution is 6.18. The van der Waals surface area contributed by atoms with Gasteiger partial charge < -0.3 is 9.72 Å². The zero-order valence-electron chi connectivity index (χ0n) is 15.2. The Kier molecular flexibility index (Phi) is 5.08. The van der Waals surface area contributed by atoms with Gasteiger partial charge in [-0.15, -0.1) is 0 Å². The van der Waals surface area contributed by atoms with Crippen LogP contribution in [0.2, 0.25) is 0 Å². The predicted molar refractivity (Wildman–Crippen MR) is 98.8 cm³/mol. The van der Waals surface area contributed by atoms with Crippen LogP contribution in [0.4, 0.5) is 8.78 Å². The number of aromatic amines is 1. The van der Waals surface area contributed by atoms with Crippen molar-refractivity contribution in [3.63, 3.8) is 0 Å². The van der Waals surface area contributed by atoms with Crippen molar-refractivity contribution in [2.45, 2.75) is 20.3 Å². The molecule has 1 aromatic heterocycles. The SMILES string of the molecule is COC(=O)c1cc(F)cc2[nH]c(-c3ccc(F)cc3)c(C(=O)CC(C)C)c12. The van der Waals surface area contributed by atoms with Crippen LogP contribution >= 0.6 is 0 Å². The first-order valence-electron chi connectivity index (χ1n) is 8.54. The number of rotatable bonds is 5. The minimum absolute atomic E-state index is 0.0239. The third-order valence-corrected chi connectivity index (χ3v) is 4.27. The molecular weight excluding hydrogens is 352 g/mol. The molecule has 0 saturated carbocycles. The Morgan fingerprint density at radius 3 is 2.33 bits per heavy atom. The summed E-state index contributed by atoms with van der Waals surface area (Å²) in [5, 5.41) is 0.313. The second-order valence-corrected chi connectivity index (χ2v) is 6.77. The lowest BCUT2D eigenvalue weighted by atomic mass is 9.94. The van der Waals surface area contributed by atoms with Gasteiger partial charge in [0.1, 0.15) is 11.6 Å². The maximum absolute atomic E-state index is 14.0. The fraction of sp³-hybridized carbons (Fsp3) is 0.238. The Bertz CT molecular complexity index is 1020. The summed E-state index contributed by atoms with van der Waals surface area (Å²) >= 11 is 0. The minimum Gasteiger partial charge on any atom is -0.465 e. The number of carbonyl (C=O) groups is 2. The first-order chi connectivity index (χ1) is 12.8. The van der Waals surface area contributed by atoms with Crippen LogP contribution in [-0.2, 0) is 4.74 Å². The molecule has 0 aliphatic rings. The molecule has 2 aromatic carbocycles. The number of Topliss-reactive ketones (excluding diaryl/α,β-unsaturated/α-hetero) is 1. The molecule has 140 valence electrons. The number of ketones is 1. The number of carbonyl (C=O) groups excluding carboxylic acids is 2. The van der Waals surface area contributed by atoms with E-state index >= 15 is 0 Å². The van der Waals surface area contributed by atoms with Crippen molar-refractivity contribution in [2.24, 2.45) is 5.92 Å². The Morgan fingerprint density at radius 2 is 1.74 bits per heavy atom. The molecule has 0 bridgehead atoms. The van der Waals surface area contributed by atoms with E-state index in [4.69, 9.17) is 4.74 Å². The van der Waals surface area contributed by atoms with Gasteiger partial charge in [0.2, 0.25) is 0 Å². The summed E-state index contributed by atoms with van der Waals surface area (Å²) < 4.78 is 32.1. The van der Waals surface area contributed by atoms with Crippen LogP contribution in [-0.4, -0.2) is 23.8 Å². The monoisotopic (exact) mass is 371 g/mol. The molecule has 0 aliphatic carbocycles.